The summed E-state index contributed by atoms with van der Waals surface area (Å²) in [7, 11) is 0. The van der Waals surface area contributed by atoms with Crippen LogP contribution >= 0.6 is 0 Å². The molecule has 3 heteroatoms. The van der Waals surface area contributed by atoms with Gasteiger partial charge in [-0.3, -0.25) is 9.69 Å². The smallest absolute Gasteiger partial charge is 0.320 e. The molecule has 0 heterocycles. The minimum absolute atomic E-state index is 0.0955. The van der Waals surface area contributed by atoms with Gasteiger partial charge in [-0.05, 0) is 19.4 Å². The third-order valence-electron chi connectivity index (χ3n) is 2.28. The molecular weight excluding hydrogens is 226 g/mol. The molecule has 3 nitrogen and oxygen atoms in total. The van der Waals surface area contributed by atoms with E-state index in [1.165, 1.54) is 0 Å². The molecule has 0 aromatic heterocycles. The van der Waals surface area contributed by atoms with Gasteiger partial charge < -0.3 is 4.74 Å². The van der Waals surface area contributed by atoms with Gasteiger partial charge in [-0.15, -0.1) is 6.42 Å². The van der Waals surface area contributed by atoms with Crippen molar-refractivity contribution in [2.75, 3.05) is 13.1 Å². The Hall–Kier alpha value is -1.79. The number of hydrogen-bond acceptors (Lipinski definition) is 3. The lowest BCUT2D eigenvalue weighted by atomic mass is 10.2. The molecule has 1 aromatic carbocycles. The number of benzene rings is 1. The van der Waals surface area contributed by atoms with E-state index in [9.17, 15) is 4.79 Å². The fraction of sp³-hybridized carbons (Fsp3) is 0.400. The Kier molecular flexibility index (Phi) is 5.96. The van der Waals surface area contributed by atoms with Crippen molar-refractivity contribution in [2.24, 2.45) is 0 Å². The molecule has 0 radical (unpaired) electrons. The number of esters is 1. The number of carbonyl (C=O) groups excluding carboxylic acids is 1. The highest BCUT2D eigenvalue weighted by Gasteiger charge is 2.12. The monoisotopic (exact) mass is 245 g/mol. The minimum Gasteiger partial charge on any atom is -0.462 e. The van der Waals surface area contributed by atoms with E-state index < -0.39 is 0 Å². The summed E-state index contributed by atoms with van der Waals surface area (Å²) in [5.74, 6) is 2.33. The van der Waals surface area contributed by atoms with E-state index in [1.807, 2.05) is 49.1 Å². The molecule has 0 atom stereocenters. The van der Waals surface area contributed by atoms with E-state index >= 15 is 0 Å². The van der Waals surface area contributed by atoms with Crippen LogP contribution in [0.15, 0.2) is 30.3 Å². The molecule has 1 aromatic rings. The standard InChI is InChI=1S/C15H19NO2/c1-4-10-16(12-15(17)18-13(2)3)11-14-8-6-5-7-9-14/h1,5-9,13H,10-12H2,2-3H3. The largest absolute Gasteiger partial charge is 0.462 e. The second kappa shape index (κ2) is 7.52. The summed E-state index contributed by atoms with van der Waals surface area (Å²) in [6.07, 6.45) is 5.22. The molecule has 0 unspecified atom stereocenters. The van der Waals surface area contributed by atoms with Crippen molar-refractivity contribution in [1.29, 1.82) is 0 Å². The summed E-state index contributed by atoms with van der Waals surface area (Å²) < 4.78 is 5.12. The molecule has 0 fully saturated rings. The Labute approximate surface area is 109 Å². The number of carbonyl (C=O) groups is 1. The first-order chi connectivity index (χ1) is 8.61. The van der Waals surface area contributed by atoms with Gasteiger partial charge in [0.25, 0.3) is 0 Å². The van der Waals surface area contributed by atoms with Gasteiger partial charge in [-0.25, -0.2) is 0 Å². The maximum atomic E-state index is 11.6. The van der Waals surface area contributed by atoms with Crippen LogP contribution < -0.4 is 0 Å². The van der Waals surface area contributed by atoms with Crippen LogP contribution in [0.3, 0.4) is 0 Å². The van der Waals surface area contributed by atoms with Gasteiger partial charge in [0.15, 0.2) is 0 Å². The van der Waals surface area contributed by atoms with Gasteiger partial charge in [0.05, 0.1) is 19.2 Å². The third kappa shape index (κ3) is 5.51. The zero-order valence-corrected chi connectivity index (χ0v) is 10.9. The first-order valence-electron chi connectivity index (χ1n) is 6.01. The molecule has 0 spiro atoms. The van der Waals surface area contributed by atoms with E-state index in [0.717, 1.165) is 5.56 Å². The topological polar surface area (TPSA) is 29.5 Å². The Morgan fingerprint density at radius 3 is 2.61 bits per heavy atom. The molecule has 0 amide bonds. The first kappa shape index (κ1) is 14.3. The van der Waals surface area contributed by atoms with Gasteiger partial charge in [0.2, 0.25) is 0 Å². The first-order valence-corrected chi connectivity index (χ1v) is 6.01. The molecule has 0 bridgehead atoms. The Balaban J connectivity index is 2.55. The number of hydrogen-bond donors (Lipinski definition) is 0. The van der Waals surface area contributed by atoms with Crippen molar-refractivity contribution < 1.29 is 9.53 Å². The van der Waals surface area contributed by atoms with Crippen molar-refractivity contribution >= 4 is 5.97 Å². The second-order valence-electron chi connectivity index (χ2n) is 4.37. The number of terminal acetylenes is 1. The van der Waals surface area contributed by atoms with Crippen molar-refractivity contribution in [3.05, 3.63) is 35.9 Å². The third-order valence-corrected chi connectivity index (χ3v) is 2.28. The fourth-order valence-electron chi connectivity index (χ4n) is 1.62. The quantitative estimate of drug-likeness (QED) is 0.567. The lowest BCUT2D eigenvalue weighted by Crippen LogP contribution is -2.32. The normalized spacial score (nSPS) is 10.4. The highest BCUT2D eigenvalue weighted by Crippen LogP contribution is 2.04. The van der Waals surface area contributed by atoms with Gasteiger partial charge in [-0.2, -0.15) is 0 Å². The van der Waals surface area contributed by atoms with Gasteiger partial charge in [0, 0.05) is 6.54 Å². The molecule has 0 aliphatic rings. The zero-order chi connectivity index (χ0) is 13.4. The maximum absolute atomic E-state index is 11.6. The van der Waals surface area contributed by atoms with Crippen molar-refractivity contribution in [2.45, 2.75) is 26.5 Å². The Morgan fingerprint density at radius 1 is 1.39 bits per heavy atom. The van der Waals surface area contributed by atoms with Crippen LogP contribution in [-0.2, 0) is 16.1 Å². The summed E-state index contributed by atoms with van der Waals surface area (Å²) >= 11 is 0. The van der Waals surface area contributed by atoms with Gasteiger partial charge in [0.1, 0.15) is 0 Å². The summed E-state index contributed by atoms with van der Waals surface area (Å²) in [4.78, 5) is 13.5. The fourth-order valence-corrected chi connectivity index (χ4v) is 1.62. The van der Waals surface area contributed by atoms with Crippen LogP contribution in [0.25, 0.3) is 0 Å². The molecule has 0 aliphatic carbocycles. The van der Waals surface area contributed by atoms with E-state index in [4.69, 9.17) is 11.2 Å². The zero-order valence-electron chi connectivity index (χ0n) is 10.9. The van der Waals surface area contributed by atoms with Crippen LogP contribution in [0.2, 0.25) is 0 Å². The number of rotatable bonds is 6. The van der Waals surface area contributed by atoms with Crippen LogP contribution in [0.5, 0.6) is 0 Å². The van der Waals surface area contributed by atoms with E-state index in [1.54, 1.807) is 0 Å². The average molecular weight is 245 g/mol. The predicted molar refractivity (Wildman–Crippen MR) is 71.8 cm³/mol. The molecular formula is C15H19NO2. The van der Waals surface area contributed by atoms with Crippen molar-refractivity contribution in [3.8, 4) is 12.3 Å². The molecule has 0 saturated carbocycles. The van der Waals surface area contributed by atoms with Crippen LogP contribution in [-0.4, -0.2) is 30.1 Å². The van der Waals surface area contributed by atoms with Gasteiger partial charge >= 0.3 is 5.97 Å². The Morgan fingerprint density at radius 2 is 2.06 bits per heavy atom. The van der Waals surface area contributed by atoms with Crippen LogP contribution in [0.4, 0.5) is 0 Å². The van der Waals surface area contributed by atoms with Crippen LogP contribution in [0.1, 0.15) is 19.4 Å². The van der Waals surface area contributed by atoms with E-state index in [0.29, 0.717) is 13.1 Å². The van der Waals surface area contributed by atoms with Gasteiger partial charge in [-0.1, -0.05) is 36.3 Å². The molecule has 18 heavy (non-hydrogen) atoms. The van der Waals surface area contributed by atoms with Crippen LogP contribution in [0, 0.1) is 12.3 Å². The van der Waals surface area contributed by atoms with E-state index in [2.05, 4.69) is 5.92 Å². The second-order valence-corrected chi connectivity index (χ2v) is 4.37. The average Bonchev–Trinajstić information content (AvgIpc) is 2.29. The highest BCUT2D eigenvalue weighted by molar-refractivity contribution is 5.71. The molecule has 0 saturated heterocycles. The summed E-state index contributed by atoms with van der Waals surface area (Å²) in [6.45, 7) is 4.97. The maximum Gasteiger partial charge on any atom is 0.320 e. The molecule has 0 aliphatic heterocycles. The summed E-state index contributed by atoms with van der Waals surface area (Å²) in [5.41, 5.74) is 1.13. The minimum atomic E-state index is -0.240. The van der Waals surface area contributed by atoms with Crippen molar-refractivity contribution in [3.63, 3.8) is 0 Å². The SMILES string of the molecule is C#CCN(CC(=O)OC(C)C)Cc1ccccc1. The lowest BCUT2D eigenvalue weighted by Gasteiger charge is -2.19. The lowest BCUT2D eigenvalue weighted by molar-refractivity contribution is -0.148. The highest BCUT2D eigenvalue weighted by atomic mass is 16.5. The molecule has 1 rings (SSSR count). The molecule has 96 valence electrons. The molecule has 0 N–H and O–H groups in total. The predicted octanol–water partition coefficient (Wildman–Crippen LogP) is 2.07. The Bertz CT molecular complexity index is 406. The van der Waals surface area contributed by atoms with E-state index in [-0.39, 0.29) is 18.6 Å². The number of ether oxygens (including phenoxy) is 1. The number of nitrogens with zero attached hydrogens (tertiary/aromatic N) is 1. The summed E-state index contributed by atoms with van der Waals surface area (Å²) in [6, 6.07) is 9.92. The summed E-state index contributed by atoms with van der Waals surface area (Å²) in [5, 5.41) is 0. The van der Waals surface area contributed by atoms with Crippen molar-refractivity contribution in [1.82, 2.24) is 4.90 Å².